The zero-order valence-corrected chi connectivity index (χ0v) is 26.1. The van der Waals surface area contributed by atoms with Crippen LogP contribution in [0.1, 0.15) is 98.8 Å². The van der Waals surface area contributed by atoms with Crippen molar-refractivity contribution in [2.75, 3.05) is 26.8 Å². The number of fused-ring (bicyclic) bond motifs is 7. The number of hydrogen-bond donors (Lipinski definition) is 2. The van der Waals surface area contributed by atoms with Crippen LogP contribution < -0.4 is 0 Å². The van der Waals surface area contributed by atoms with Gasteiger partial charge in [0.25, 0.3) is 5.91 Å². The molecule has 7 nitrogen and oxygen atoms in total. The molecular formula is C34H51NO6. The summed E-state index contributed by atoms with van der Waals surface area (Å²) in [7, 11) is 1.66. The summed E-state index contributed by atoms with van der Waals surface area (Å²) in [5, 5.41) is 22.9. The molecule has 2 bridgehead atoms. The van der Waals surface area contributed by atoms with E-state index in [0.717, 1.165) is 38.5 Å². The first kappa shape index (κ1) is 29.4. The number of aliphatic hydroxyl groups excluding tert-OH is 1. The zero-order valence-electron chi connectivity index (χ0n) is 26.1. The lowest BCUT2D eigenvalue weighted by Gasteiger charge is -2.56. The van der Waals surface area contributed by atoms with Crippen molar-refractivity contribution < 1.29 is 29.3 Å². The lowest BCUT2D eigenvalue weighted by molar-refractivity contribution is -0.178. The number of carbonyl (C=O) groups is 2. The molecule has 0 radical (unpaired) electrons. The molecule has 0 spiro atoms. The van der Waals surface area contributed by atoms with E-state index in [2.05, 4.69) is 26.0 Å². The summed E-state index contributed by atoms with van der Waals surface area (Å²) in [6, 6.07) is 0. The average molecular weight is 570 g/mol. The first-order valence-corrected chi connectivity index (χ1v) is 16.0. The van der Waals surface area contributed by atoms with Crippen molar-refractivity contribution in [1.29, 1.82) is 0 Å². The molecule has 0 aromatic carbocycles. The van der Waals surface area contributed by atoms with E-state index < -0.39 is 22.0 Å². The van der Waals surface area contributed by atoms with E-state index in [1.165, 1.54) is 11.1 Å². The van der Waals surface area contributed by atoms with Crippen LogP contribution in [-0.4, -0.2) is 71.1 Å². The van der Waals surface area contributed by atoms with Crippen molar-refractivity contribution in [2.45, 2.75) is 116 Å². The number of rotatable bonds is 7. The molecule has 1 saturated heterocycles. The largest absolute Gasteiger partial charge is 0.448 e. The highest BCUT2D eigenvalue weighted by Gasteiger charge is 2.76. The Labute approximate surface area is 245 Å². The number of allylic oxidation sites excluding steroid dienone is 3. The summed E-state index contributed by atoms with van der Waals surface area (Å²) < 4.78 is 11.3. The molecule has 1 heterocycles. The van der Waals surface area contributed by atoms with E-state index in [4.69, 9.17) is 9.47 Å². The second-order valence-corrected chi connectivity index (χ2v) is 15.6. The predicted octanol–water partition coefficient (Wildman–Crippen LogP) is 4.95. The van der Waals surface area contributed by atoms with Crippen molar-refractivity contribution in [3.05, 3.63) is 23.3 Å². The van der Waals surface area contributed by atoms with Gasteiger partial charge in [-0.2, -0.15) is 0 Å². The van der Waals surface area contributed by atoms with E-state index >= 15 is 0 Å². The molecule has 7 heteroatoms. The van der Waals surface area contributed by atoms with E-state index in [1.54, 1.807) is 7.11 Å². The summed E-state index contributed by atoms with van der Waals surface area (Å²) in [4.78, 5) is 29.4. The van der Waals surface area contributed by atoms with Crippen LogP contribution in [0.15, 0.2) is 23.3 Å². The highest BCUT2D eigenvalue weighted by Crippen LogP contribution is 2.68. The Morgan fingerprint density at radius 2 is 1.76 bits per heavy atom. The van der Waals surface area contributed by atoms with Crippen molar-refractivity contribution in [3.63, 3.8) is 0 Å². The van der Waals surface area contributed by atoms with Crippen molar-refractivity contribution >= 4 is 11.9 Å². The van der Waals surface area contributed by atoms with Crippen LogP contribution in [0.4, 0.5) is 0 Å². The van der Waals surface area contributed by atoms with Crippen molar-refractivity contribution in [2.24, 2.45) is 33.5 Å². The third kappa shape index (κ3) is 3.73. The molecule has 8 atom stereocenters. The van der Waals surface area contributed by atoms with Gasteiger partial charge >= 0.3 is 5.97 Å². The molecule has 6 aliphatic rings. The van der Waals surface area contributed by atoms with Crippen LogP contribution in [0.2, 0.25) is 0 Å². The van der Waals surface area contributed by atoms with Crippen LogP contribution in [0.3, 0.4) is 0 Å². The molecule has 1 amide bonds. The van der Waals surface area contributed by atoms with Gasteiger partial charge in [0.1, 0.15) is 0 Å². The molecule has 0 aromatic heterocycles. The lowest BCUT2D eigenvalue weighted by Crippen LogP contribution is -2.61. The number of methoxy groups -OCH3 is 1. The number of ether oxygens (including phenoxy) is 2. The SMILES string of the molecule is COCCCN(C[C@]1(O)CC[C@H]2C3=CC=C4C[C@@H](O)CC[C@]4(C)[C@H]3CC[C@@]21C)C(=O)[C@@]12CC[C@@](C)(C(=O)O1)C2(C)C. The number of amides is 1. The number of hydrogen-bond acceptors (Lipinski definition) is 6. The Morgan fingerprint density at radius 1 is 1.02 bits per heavy atom. The Balaban J connectivity index is 1.30. The van der Waals surface area contributed by atoms with Gasteiger partial charge in [-0.05, 0) is 88.4 Å². The molecule has 2 N–H and O–H groups in total. The van der Waals surface area contributed by atoms with Gasteiger partial charge in [-0.25, -0.2) is 0 Å². The summed E-state index contributed by atoms with van der Waals surface area (Å²) in [6.45, 7) is 11.8. The summed E-state index contributed by atoms with van der Waals surface area (Å²) >= 11 is 0. The number of nitrogens with zero attached hydrogens (tertiary/aromatic N) is 1. The molecule has 0 unspecified atom stereocenters. The van der Waals surface area contributed by atoms with Crippen LogP contribution in [0.5, 0.6) is 0 Å². The topological polar surface area (TPSA) is 96.3 Å². The van der Waals surface area contributed by atoms with Gasteiger partial charge in [-0.3, -0.25) is 9.59 Å². The Morgan fingerprint density at radius 3 is 2.41 bits per heavy atom. The number of carbonyl (C=O) groups excluding carboxylic acids is 2. The van der Waals surface area contributed by atoms with E-state index in [1.807, 2.05) is 25.7 Å². The highest BCUT2D eigenvalue weighted by molar-refractivity contribution is 5.96. The van der Waals surface area contributed by atoms with Crippen molar-refractivity contribution in [3.8, 4) is 0 Å². The van der Waals surface area contributed by atoms with Gasteiger partial charge in [-0.1, -0.05) is 51.0 Å². The minimum atomic E-state index is -1.19. The summed E-state index contributed by atoms with van der Waals surface area (Å²) in [6.07, 6.45) is 12.3. The monoisotopic (exact) mass is 569 g/mol. The van der Waals surface area contributed by atoms with Crippen LogP contribution >= 0.6 is 0 Å². The molecule has 1 aliphatic heterocycles. The molecular weight excluding hydrogens is 518 g/mol. The fourth-order valence-electron chi connectivity index (χ4n) is 10.3. The molecule has 5 aliphatic carbocycles. The maximum Gasteiger partial charge on any atom is 0.313 e. The fourth-order valence-corrected chi connectivity index (χ4v) is 10.3. The Hall–Kier alpha value is -1.70. The van der Waals surface area contributed by atoms with Crippen molar-refractivity contribution in [1.82, 2.24) is 4.90 Å². The minimum Gasteiger partial charge on any atom is -0.448 e. The number of aliphatic hydroxyl groups is 2. The van der Waals surface area contributed by atoms with E-state index in [-0.39, 0.29) is 41.3 Å². The smallest absolute Gasteiger partial charge is 0.313 e. The first-order chi connectivity index (χ1) is 19.2. The summed E-state index contributed by atoms with van der Waals surface area (Å²) in [5.41, 5.74) is -0.952. The molecule has 0 aromatic rings. The maximum absolute atomic E-state index is 14.5. The first-order valence-electron chi connectivity index (χ1n) is 16.0. The lowest BCUT2D eigenvalue weighted by atomic mass is 9.50. The van der Waals surface area contributed by atoms with Gasteiger partial charge in [0.05, 0.1) is 23.7 Å². The second-order valence-electron chi connectivity index (χ2n) is 15.6. The fraction of sp³-hybridized carbons (Fsp3) is 0.824. The predicted molar refractivity (Wildman–Crippen MR) is 156 cm³/mol. The normalized spacial score (nSPS) is 45.8. The van der Waals surface area contributed by atoms with Gasteiger partial charge in [0.2, 0.25) is 0 Å². The molecule has 41 heavy (non-hydrogen) atoms. The maximum atomic E-state index is 14.5. The number of esters is 1. The van der Waals surface area contributed by atoms with Crippen LogP contribution in [-0.2, 0) is 19.1 Å². The molecule has 6 rings (SSSR count). The minimum absolute atomic E-state index is 0.0831. The van der Waals surface area contributed by atoms with Gasteiger partial charge in [0.15, 0.2) is 5.60 Å². The van der Waals surface area contributed by atoms with Crippen LogP contribution in [0, 0.1) is 33.5 Å². The van der Waals surface area contributed by atoms with E-state index in [9.17, 15) is 19.8 Å². The quantitative estimate of drug-likeness (QED) is 0.333. The zero-order chi connectivity index (χ0) is 29.6. The third-order valence-electron chi connectivity index (χ3n) is 13.8. The summed E-state index contributed by atoms with van der Waals surface area (Å²) in [5.74, 6) is 0.283. The molecule has 4 saturated carbocycles. The molecule has 228 valence electrons. The average Bonchev–Trinajstić information content (AvgIpc) is 3.37. The standard InChI is InChI=1S/C34H51NO6/c1-29(2)32(5)16-17-34(29,41-28(32)38)27(37)35(18-7-19-40-6)21-33(39)15-12-26-24-9-8-22-20-23(36)10-13-30(22,3)25(24)11-14-31(26,33)4/h8-9,23,25-26,36,39H,7,10-21H2,1-6H3/t23-,25-,26-,30-,31-,32-,33+,34+/m0/s1. The van der Waals surface area contributed by atoms with Gasteiger partial charge in [-0.15, -0.1) is 0 Å². The molecule has 5 fully saturated rings. The van der Waals surface area contributed by atoms with Crippen LogP contribution in [0.25, 0.3) is 0 Å². The second kappa shape index (κ2) is 9.40. The third-order valence-corrected chi connectivity index (χ3v) is 13.8. The Bertz CT molecular complexity index is 1190. The van der Waals surface area contributed by atoms with Gasteiger partial charge in [0, 0.05) is 31.1 Å². The Kier molecular flexibility index (Phi) is 6.73. The van der Waals surface area contributed by atoms with Gasteiger partial charge < -0.3 is 24.6 Å². The van der Waals surface area contributed by atoms with E-state index in [0.29, 0.717) is 44.8 Å². The highest BCUT2D eigenvalue weighted by atomic mass is 16.6.